The quantitative estimate of drug-likeness (QED) is 0.803. The predicted molar refractivity (Wildman–Crippen MR) is 72.6 cm³/mol. The van der Waals surface area contributed by atoms with E-state index in [9.17, 15) is 18.4 Å². The Bertz CT molecular complexity index is 632. The third-order valence-corrected chi connectivity index (χ3v) is 3.57. The largest absolute Gasteiger partial charge is 0.276 e. The number of carbonyl (C=O) groups is 2. The maximum absolute atomic E-state index is 12.7. The van der Waals surface area contributed by atoms with Gasteiger partial charge in [-0.25, -0.2) is 13.8 Å². The van der Waals surface area contributed by atoms with E-state index >= 15 is 0 Å². The minimum Gasteiger partial charge on any atom is -0.267 e. The Labute approximate surface area is 120 Å². The Balaban J connectivity index is 2.34. The molecule has 0 bridgehead atoms. The van der Waals surface area contributed by atoms with E-state index in [1.54, 1.807) is 13.8 Å². The number of alkyl halides is 2. The predicted octanol–water partition coefficient (Wildman–Crippen LogP) is 2.38. The number of aryl methyl sites for hydroxylation is 1. The third-order valence-electron chi connectivity index (χ3n) is 3.57. The Morgan fingerprint density at radius 3 is 2.05 bits per heavy atom. The molecule has 0 atom stereocenters. The molecule has 112 valence electrons. The second kappa shape index (κ2) is 5.23. The van der Waals surface area contributed by atoms with E-state index in [1.807, 2.05) is 0 Å². The number of rotatable bonds is 3. The lowest BCUT2D eigenvalue weighted by atomic mass is 10.2. The van der Waals surface area contributed by atoms with Crippen LogP contribution in [-0.2, 0) is 9.59 Å². The number of hydrogen-bond donors (Lipinski definition) is 0. The summed E-state index contributed by atoms with van der Waals surface area (Å²) >= 11 is 0. The van der Waals surface area contributed by atoms with E-state index in [1.165, 1.54) is 31.1 Å². The lowest BCUT2D eigenvalue weighted by Crippen LogP contribution is -2.45. The van der Waals surface area contributed by atoms with E-state index in [0.29, 0.717) is 11.1 Å². The van der Waals surface area contributed by atoms with E-state index in [2.05, 4.69) is 4.98 Å². The van der Waals surface area contributed by atoms with Crippen LogP contribution >= 0.6 is 0 Å². The standard InChI is InChI=1S/C14H15F2N3O2/c1-7-8(2)14(21)19(13(7)20)18(4)11-6-5-10(12(15)16)9(3)17-11/h5-6,12H,1-4H3. The van der Waals surface area contributed by atoms with E-state index in [0.717, 1.165) is 5.01 Å². The van der Waals surface area contributed by atoms with Gasteiger partial charge in [-0.3, -0.25) is 14.6 Å². The van der Waals surface area contributed by atoms with Crippen LogP contribution in [0.15, 0.2) is 23.3 Å². The van der Waals surface area contributed by atoms with Crippen LogP contribution in [0.5, 0.6) is 0 Å². The molecule has 0 unspecified atom stereocenters. The summed E-state index contributed by atoms with van der Waals surface area (Å²) in [4.78, 5) is 28.2. The van der Waals surface area contributed by atoms with Gasteiger partial charge in [0.1, 0.15) is 5.82 Å². The normalized spacial score (nSPS) is 15.5. The summed E-state index contributed by atoms with van der Waals surface area (Å²) in [7, 11) is 1.49. The zero-order valence-electron chi connectivity index (χ0n) is 12.1. The highest BCUT2D eigenvalue weighted by atomic mass is 19.3. The monoisotopic (exact) mass is 295 g/mol. The van der Waals surface area contributed by atoms with Crippen molar-refractivity contribution in [2.75, 3.05) is 12.1 Å². The van der Waals surface area contributed by atoms with Crippen molar-refractivity contribution in [3.05, 3.63) is 34.5 Å². The number of amides is 2. The van der Waals surface area contributed by atoms with E-state index in [4.69, 9.17) is 0 Å². The Morgan fingerprint density at radius 1 is 1.10 bits per heavy atom. The molecule has 21 heavy (non-hydrogen) atoms. The minimum atomic E-state index is -2.61. The van der Waals surface area contributed by atoms with Crippen LogP contribution in [0.3, 0.4) is 0 Å². The topological polar surface area (TPSA) is 53.5 Å². The van der Waals surface area contributed by atoms with Crippen molar-refractivity contribution in [2.24, 2.45) is 0 Å². The number of hydrazine groups is 1. The van der Waals surface area contributed by atoms with Gasteiger partial charge in [0.2, 0.25) is 0 Å². The van der Waals surface area contributed by atoms with Gasteiger partial charge in [0.15, 0.2) is 0 Å². The molecule has 0 spiro atoms. The summed E-state index contributed by atoms with van der Waals surface area (Å²) in [6.45, 7) is 4.60. The van der Waals surface area contributed by atoms with Gasteiger partial charge in [0.05, 0.1) is 0 Å². The number of anilines is 1. The van der Waals surface area contributed by atoms with Crippen molar-refractivity contribution in [1.82, 2.24) is 9.99 Å². The first kappa shape index (κ1) is 15.1. The lowest BCUT2D eigenvalue weighted by molar-refractivity contribution is -0.138. The zero-order valence-corrected chi connectivity index (χ0v) is 12.1. The van der Waals surface area contributed by atoms with Gasteiger partial charge in [-0.1, -0.05) is 0 Å². The number of aromatic nitrogens is 1. The summed E-state index contributed by atoms with van der Waals surface area (Å²) in [5.41, 5.74) is 0.729. The van der Waals surface area contributed by atoms with Crippen molar-refractivity contribution in [2.45, 2.75) is 27.2 Å². The Hall–Kier alpha value is -2.31. The van der Waals surface area contributed by atoms with Crippen LogP contribution in [-0.4, -0.2) is 28.9 Å². The summed E-state index contributed by atoms with van der Waals surface area (Å²) in [6, 6.07) is 2.61. The van der Waals surface area contributed by atoms with Crippen molar-refractivity contribution in [1.29, 1.82) is 0 Å². The third kappa shape index (κ3) is 2.39. The minimum absolute atomic E-state index is 0.162. The second-order valence-electron chi connectivity index (χ2n) is 4.84. The SMILES string of the molecule is CC1=C(C)C(=O)N(N(C)c2ccc(C(F)F)c(C)n2)C1=O. The summed E-state index contributed by atoms with van der Waals surface area (Å²) in [5, 5.41) is 2.22. The molecule has 7 heteroatoms. The highest BCUT2D eigenvalue weighted by Crippen LogP contribution is 2.27. The number of nitrogens with zero attached hydrogens (tertiary/aromatic N) is 3. The van der Waals surface area contributed by atoms with Crippen LogP contribution in [0.25, 0.3) is 0 Å². The molecule has 1 aliphatic rings. The molecule has 2 amide bonds. The first-order valence-electron chi connectivity index (χ1n) is 6.31. The Kier molecular flexibility index (Phi) is 3.76. The molecule has 0 saturated carbocycles. The number of carbonyl (C=O) groups excluding carboxylic acids is 2. The van der Waals surface area contributed by atoms with E-state index < -0.39 is 18.2 Å². The van der Waals surface area contributed by atoms with Crippen LogP contribution in [0.2, 0.25) is 0 Å². The molecule has 5 nitrogen and oxygen atoms in total. The number of pyridine rings is 1. The van der Waals surface area contributed by atoms with Crippen LogP contribution in [0.4, 0.5) is 14.6 Å². The van der Waals surface area contributed by atoms with Gasteiger partial charge < -0.3 is 0 Å². The average molecular weight is 295 g/mol. The molecule has 0 aromatic carbocycles. The van der Waals surface area contributed by atoms with Gasteiger partial charge in [0.25, 0.3) is 18.2 Å². The number of halogens is 2. The van der Waals surface area contributed by atoms with Crippen LogP contribution in [0.1, 0.15) is 31.5 Å². The second-order valence-corrected chi connectivity index (χ2v) is 4.84. The molecule has 0 saturated heterocycles. The fourth-order valence-corrected chi connectivity index (χ4v) is 2.08. The van der Waals surface area contributed by atoms with Crippen molar-refractivity contribution >= 4 is 17.6 Å². The smallest absolute Gasteiger partial charge is 0.267 e. The molecule has 1 aromatic rings. The molecule has 1 aromatic heterocycles. The zero-order chi connectivity index (χ0) is 15.9. The van der Waals surface area contributed by atoms with Gasteiger partial charge >= 0.3 is 0 Å². The van der Waals surface area contributed by atoms with Crippen LogP contribution in [0, 0.1) is 6.92 Å². The number of imide groups is 1. The van der Waals surface area contributed by atoms with Gasteiger partial charge in [-0.2, -0.15) is 5.01 Å². The lowest BCUT2D eigenvalue weighted by Gasteiger charge is -2.27. The number of hydrogen-bond acceptors (Lipinski definition) is 4. The molecular weight excluding hydrogens is 280 g/mol. The molecule has 2 rings (SSSR count). The average Bonchev–Trinajstić information content (AvgIpc) is 2.62. The summed E-state index contributed by atoms with van der Waals surface area (Å²) in [5.74, 6) is -0.615. The molecule has 0 aliphatic carbocycles. The fourth-order valence-electron chi connectivity index (χ4n) is 2.08. The van der Waals surface area contributed by atoms with Crippen molar-refractivity contribution in [3.8, 4) is 0 Å². The van der Waals surface area contributed by atoms with Gasteiger partial charge in [0, 0.05) is 29.5 Å². The van der Waals surface area contributed by atoms with Crippen molar-refractivity contribution < 1.29 is 18.4 Å². The first-order valence-corrected chi connectivity index (χ1v) is 6.31. The summed E-state index contributed by atoms with van der Waals surface area (Å²) < 4.78 is 25.4. The fraction of sp³-hybridized carbons (Fsp3) is 0.357. The highest BCUT2D eigenvalue weighted by molar-refractivity contribution is 6.19. The van der Waals surface area contributed by atoms with Crippen molar-refractivity contribution in [3.63, 3.8) is 0 Å². The molecule has 0 N–H and O–H groups in total. The molecule has 0 fully saturated rings. The van der Waals surface area contributed by atoms with Crippen LogP contribution < -0.4 is 5.01 Å². The Morgan fingerprint density at radius 2 is 1.62 bits per heavy atom. The van der Waals surface area contributed by atoms with E-state index in [-0.39, 0.29) is 17.1 Å². The maximum Gasteiger partial charge on any atom is 0.276 e. The van der Waals surface area contributed by atoms with Gasteiger partial charge in [-0.15, -0.1) is 0 Å². The first-order chi connectivity index (χ1) is 9.75. The highest BCUT2D eigenvalue weighted by Gasteiger charge is 2.37. The molecule has 0 radical (unpaired) electrons. The summed E-state index contributed by atoms with van der Waals surface area (Å²) in [6.07, 6.45) is -2.61. The molecular formula is C14H15F2N3O2. The molecule has 1 aliphatic heterocycles. The van der Waals surface area contributed by atoms with Gasteiger partial charge in [-0.05, 0) is 32.9 Å². The maximum atomic E-state index is 12.7. The molecule has 2 heterocycles.